The van der Waals surface area contributed by atoms with Crippen LogP contribution in [0.15, 0.2) is 24.3 Å². The van der Waals surface area contributed by atoms with Crippen molar-refractivity contribution < 1.29 is 24.2 Å². The zero-order chi connectivity index (χ0) is 21.2. The number of benzene rings is 1. The third-order valence-electron chi connectivity index (χ3n) is 4.13. The van der Waals surface area contributed by atoms with E-state index in [-0.39, 0.29) is 19.1 Å². The summed E-state index contributed by atoms with van der Waals surface area (Å²) in [5, 5.41) is 11.7. The maximum absolute atomic E-state index is 12.1. The molecule has 0 radical (unpaired) electrons. The topological polar surface area (TPSA) is 111 Å². The minimum Gasteiger partial charge on any atom is -0.444 e. The van der Waals surface area contributed by atoms with Crippen molar-refractivity contribution in [3.05, 3.63) is 35.4 Å². The van der Waals surface area contributed by atoms with Gasteiger partial charge in [0, 0.05) is 13.0 Å². The average Bonchev–Trinajstić information content (AvgIpc) is 2.60. The summed E-state index contributed by atoms with van der Waals surface area (Å²) in [4.78, 5) is 23.2. The molecule has 0 spiro atoms. The molecule has 0 bridgehead atoms. The number of nitrogens with one attached hydrogen (secondary N) is 1. The summed E-state index contributed by atoms with van der Waals surface area (Å²) >= 11 is 0. The number of amides is 2. The van der Waals surface area contributed by atoms with E-state index in [9.17, 15) is 9.59 Å². The van der Waals surface area contributed by atoms with Crippen LogP contribution in [0, 0.1) is 0 Å². The second-order valence-electron chi connectivity index (χ2n) is 7.92. The number of aliphatic hydroxyl groups excluding tert-OH is 1. The van der Waals surface area contributed by atoms with Crippen LogP contribution in [-0.2, 0) is 27.3 Å². The number of hydrogen-bond donors (Lipinski definition) is 3. The largest absolute Gasteiger partial charge is 0.444 e. The highest BCUT2D eigenvalue weighted by atomic mass is 16.6. The Morgan fingerprint density at radius 1 is 1.18 bits per heavy atom. The number of carbonyl (C=O) groups is 2. The average molecular weight is 395 g/mol. The van der Waals surface area contributed by atoms with E-state index in [4.69, 9.17) is 20.3 Å². The molecule has 0 saturated carbocycles. The van der Waals surface area contributed by atoms with Crippen LogP contribution in [0.25, 0.3) is 0 Å². The molecule has 158 valence electrons. The predicted molar refractivity (Wildman–Crippen MR) is 108 cm³/mol. The number of rotatable bonds is 11. The molecule has 7 nitrogen and oxygen atoms in total. The number of hydrogen-bond acceptors (Lipinski definition) is 5. The Kier molecular flexibility index (Phi) is 9.96. The number of nitrogens with two attached hydrogens (primary N) is 1. The van der Waals surface area contributed by atoms with Gasteiger partial charge in [-0.25, -0.2) is 4.79 Å². The summed E-state index contributed by atoms with van der Waals surface area (Å²) < 4.78 is 11.2. The number of primary amides is 1. The van der Waals surface area contributed by atoms with Gasteiger partial charge in [0.25, 0.3) is 0 Å². The lowest BCUT2D eigenvalue weighted by molar-refractivity contribution is -0.118. The van der Waals surface area contributed by atoms with Crippen molar-refractivity contribution in [3.8, 4) is 0 Å². The van der Waals surface area contributed by atoms with Gasteiger partial charge in [0.15, 0.2) is 0 Å². The van der Waals surface area contributed by atoms with Gasteiger partial charge < -0.3 is 25.6 Å². The molecular formula is C21H34N2O5. The molecule has 0 aliphatic rings. The Labute approximate surface area is 167 Å². The smallest absolute Gasteiger partial charge is 0.407 e. The highest BCUT2D eigenvalue weighted by Crippen LogP contribution is 2.13. The zero-order valence-corrected chi connectivity index (χ0v) is 17.4. The first-order chi connectivity index (χ1) is 13.1. The zero-order valence-electron chi connectivity index (χ0n) is 17.4. The van der Waals surface area contributed by atoms with Gasteiger partial charge in [0.1, 0.15) is 5.60 Å². The SMILES string of the molecule is C[C@@H](OCc1ccc(CCCO)cc1)[C@H](CCC(N)=O)NC(=O)OC(C)(C)C. The van der Waals surface area contributed by atoms with E-state index >= 15 is 0 Å². The Balaban J connectivity index is 2.62. The third kappa shape index (κ3) is 10.3. The number of ether oxygens (including phenoxy) is 2. The lowest BCUT2D eigenvalue weighted by Gasteiger charge is -2.27. The number of aryl methyl sites for hydroxylation is 1. The maximum atomic E-state index is 12.1. The first-order valence-electron chi connectivity index (χ1n) is 9.69. The van der Waals surface area contributed by atoms with Crippen LogP contribution in [-0.4, -0.2) is 41.5 Å². The van der Waals surface area contributed by atoms with Gasteiger partial charge in [-0.3, -0.25) is 4.79 Å². The van der Waals surface area contributed by atoms with Gasteiger partial charge in [-0.15, -0.1) is 0 Å². The fraction of sp³-hybridized carbons (Fsp3) is 0.619. The van der Waals surface area contributed by atoms with Gasteiger partial charge >= 0.3 is 6.09 Å². The van der Waals surface area contributed by atoms with Gasteiger partial charge in [-0.05, 0) is 58.1 Å². The van der Waals surface area contributed by atoms with Gasteiger partial charge in [-0.2, -0.15) is 0 Å². The van der Waals surface area contributed by atoms with Crippen LogP contribution in [0.5, 0.6) is 0 Å². The lowest BCUT2D eigenvalue weighted by atomic mass is 10.1. The van der Waals surface area contributed by atoms with Crippen LogP contribution in [0.2, 0.25) is 0 Å². The highest BCUT2D eigenvalue weighted by Gasteiger charge is 2.24. The van der Waals surface area contributed by atoms with Crippen LogP contribution in [0.3, 0.4) is 0 Å². The summed E-state index contributed by atoms with van der Waals surface area (Å²) in [6.45, 7) is 7.77. The van der Waals surface area contributed by atoms with Crippen LogP contribution in [0.4, 0.5) is 4.79 Å². The van der Waals surface area contributed by atoms with E-state index in [2.05, 4.69) is 5.32 Å². The number of alkyl carbamates (subject to hydrolysis) is 1. The third-order valence-corrected chi connectivity index (χ3v) is 4.13. The van der Waals surface area contributed by atoms with E-state index in [1.54, 1.807) is 20.8 Å². The van der Waals surface area contributed by atoms with Crippen molar-refractivity contribution in [1.82, 2.24) is 5.32 Å². The standard InChI is InChI=1S/C21H34N2O5/c1-15(27-14-17-9-7-16(8-10-17)6-5-13-24)18(11-12-19(22)25)23-20(26)28-21(2,3)4/h7-10,15,18,24H,5-6,11-14H2,1-4H3,(H2,22,25)(H,23,26)/t15-,18+/m1/s1. The monoisotopic (exact) mass is 394 g/mol. The van der Waals surface area contributed by atoms with E-state index in [0.29, 0.717) is 13.0 Å². The van der Waals surface area contributed by atoms with E-state index in [1.165, 1.54) is 0 Å². The van der Waals surface area contributed by atoms with Crippen LogP contribution >= 0.6 is 0 Å². The fourth-order valence-electron chi connectivity index (χ4n) is 2.61. The molecule has 0 unspecified atom stereocenters. The van der Waals surface area contributed by atoms with Crippen molar-refractivity contribution in [2.75, 3.05) is 6.61 Å². The molecule has 1 aromatic carbocycles. The summed E-state index contributed by atoms with van der Waals surface area (Å²) in [5.74, 6) is -0.429. The summed E-state index contributed by atoms with van der Waals surface area (Å²) in [5.41, 5.74) is 6.81. The predicted octanol–water partition coefficient (Wildman–Crippen LogP) is 2.68. The minimum absolute atomic E-state index is 0.147. The van der Waals surface area contributed by atoms with Crippen LogP contribution in [0.1, 0.15) is 58.1 Å². The molecule has 0 aromatic heterocycles. The molecule has 0 aliphatic heterocycles. The molecule has 1 aromatic rings. The molecule has 0 heterocycles. The number of carbonyl (C=O) groups excluding carboxylic acids is 2. The maximum Gasteiger partial charge on any atom is 0.407 e. The molecule has 4 N–H and O–H groups in total. The van der Waals surface area contributed by atoms with Crippen molar-refractivity contribution in [3.63, 3.8) is 0 Å². The molecular weight excluding hydrogens is 360 g/mol. The van der Waals surface area contributed by atoms with Crippen molar-refractivity contribution in [2.45, 2.75) is 77.7 Å². The highest BCUT2D eigenvalue weighted by molar-refractivity contribution is 5.74. The Morgan fingerprint density at radius 3 is 2.32 bits per heavy atom. The molecule has 0 fully saturated rings. The minimum atomic E-state index is -0.611. The molecule has 2 atom stereocenters. The van der Waals surface area contributed by atoms with Gasteiger partial charge in [0.05, 0.1) is 18.8 Å². The van der Waals surface area contributed by atoms with E-state index in [1.807, 2.05) is 31.2 Å². The quantitative estimate of drug-likeness (QED) is 0.534. The fourth-order valence-corrected chi connectivity index (χ4v) is 2.61. The normalized spacial score (nSPS) is 13.6. The Hall–Kier alpha value is -2.12. The van der Waals surface area contributed by atoms with E-state index < -0.39 is 23.6 Å². The first-order valence-corrected chi connectivity index (χ1v) is 9.69. The number of aliphatic hydroxyl groups is 1. The van der Waals surface area contributed by atoms with Crippen molar-refractivity contribution in [1.29, 1.82) is 0 Å². The molecule has 0 aliphatic carbocycles. The molecule has 0 saturated heterocycles. The molecule has 7 heteroatoms. The second kappa shape index (κ2) is 11.7. The van der Waals surface area contributed by atoms with E-state index in [0.717, 1.165) is 24.0 Å². The van der Waals surface area contributed by atoms with Crippen molar-refractivity contribution in [2.24, 2.45) is 5.73 Å². The van der Waals surface area contributed by atoms with Gasteiger partial charge in [0.2, 0.25) is 5.91 Å². The molecule has 28 heavy (non-hydrogen) atoms. The van der Waals surface area contributed by atoms with Crippen LogP contribution < -0.4 is 11.1 Å². The summed E-state index contributed by atoms with van der Waals surface area (Å²) in [6, 6.07) is 7.61. The second-order valence-corrected chi connectivity index (χ2v) is 7.92. The van der Waals surface area contributed by atoms with Gasteiger partial charge in [-0.1, -0.05) is 24.3 Å². The lowest BCUT2D eigenvalue weighted by Crippen LogP contribution is -2.45. The molecule has 2 amide bonds. The Bertz CT molecular complexity index is 610. The summed E-state index contributed by atoms with van der Waals surface area (Å²) in [7, 11) is 0. The molecule has 1 rings (SSSR count). The van der Waals surface area contributed by atoms with Crippen molar-refractivity contribution >= 4 is 12.0 Å². The summed E-state index contributed by atoms with van der Waals surface area (Å²) in [6.07, 6.45) is 1.21. The Morgan fingerprint density at radius 2 is 1.79 bits per heavy atom. The first kappa shape index (κ1) is 23.9.